The molecule has 15 heavy (non-hydrogen) atoms. The summed E-state index contributed by atoms with van der Waals surface area (Å²) in [6.45, 7) is -0.0377. The largest absolute Gasteiger partial charge is 0.325 e. The Bertz CT molecular complexity index is 308. The van der Waals surface area contributed by atoms with E-state index in [-0.39, 0.29) is 38.6 Å². The van der Waals surface area contributed by atoms with E-state index < -0.39 is 12.0 Å². The lowest BCUT2D eigenvalue weighted by atomic mass is 10.3. The summed E-state index contributed by atoms with van der Waals surface area (Å²) in [5.74, 6) is -3.05. The molecule has 84 valence electrons. The summed E-state index contributed by atoms with van der Waals surface area (Å²) >= 11 is 0. The van der Waals surface area contributed by atoms with E-state index in [1.807, 2.05) is 0 Å². The van der Waals surface area contributed by atoms with Gasteiger partial charge in [-0.25, -0.2) is 13.6 Å². The van der Waals surface area contributed by atoms with Gasteiger partial charge in [0.05, 0.1) is 13.2 Å². The quantitative estimate of drug-likeness (QED) is 0.656. The Morgan fingerprint density at radius 1 is 1.40 bits per heavy atom. The van der Waals surface area contributed by atoms with Gasteiger partial charge < -0.3 is 4.90 Å². The van der Waals surface area contributed by atoms with Gasteiger partial charge in [0.1, 0.15) is 6.54 Å². The fraction of sp³-hybridized carbons (Fsp3) is 0.750. The van der Waals surface area contributed by atoms with E-state index in [1.54, 1.807) is 0 Å². The molecule has 2 saturated heterocycles. The van der Waals surface area contributed by atoms with Crippen LogP contribution >= 0.6 is 0 Å². The fourth-order valence-corrected chi connectivity index (χ4v) is 1.77. The lowest BCUT2D eigenvalue weighted by molar-refractivity contribution is -0.118. The maximum absolute atomic E-state index is 12.8. The Hall–Kier alpha value is -1.24. The third-order valence-corrected chi connectivity index (χ3v) is 2.49. The average Bonchev–Trinajstić information content (AvgIpc) is 2.57. The molecule has 3 amide bonds. The first-order valence-electron chi connectivity index (χ1n) is 4.65. The van der Waals surface area contributed by atoms with Gasteiger partial charge in [-0.3, -0.25) is 15.0 Å². The van der Waals surface area contributed by atoms with E-state index in [2.05, 4.69) is 5.32 Å². The van der Waals surface area contributed by atoms with Gasteiger partial charge in [-0.15, -0.1) is 0 Å². The summed E-state index contributed by atoms with van der Waals surface area (Å²) in [6, 6.07) is -0.504. The second kappa shape index (κ2) is 3.41. The molecule has 0 spiro atoms. The van der Waals surface area contributed by atoms with Crippen LogP contribution in [-0.4, -0.2) is 54.0 Å². The molecule has 2 aliphatic rings. The van der Waals surface area contributed by atoms with Crippen LogP contribution in [0.3, 0.4) is 0 Å². The molecule has 0 bridgehead atoms. The van der Waals surface area contributed by atoms with Crippen molar-refractivity contribution in [3.8, 4) is 0 Å². The smallest absolute Gasteiger partial charge is 0.302 e. The SMILES string of the molecule is O=C1CN(CN2CCC(F)(F)C2)C(=O)N1. The maximum atomic E-state index is 12.8. The number of amides is 3. The monoisotopic (exact) mass is 219 g/mol. The molecular formula is C8H11F2N3O2. The molecule has 7 heteroatoms. The van der Waals surface area contributed by atoms with Crippen molar-refractivity contribution in [3.05, 3.63) is 0 Å². The molecule has 0 aromatic rings. The summed E-state index contributed by atoms with van der Waals surface area (Å²) < 4.78 is 25.6. The molecule has 2 fully saturated rings. The van der Waals surface area contributed by atoms with Crippen molar-refractivity contribution in [2.45, 2.75) is 12.3 Å². The molecule has 0 saturated carbocycles. The maximum Gasteiger partial charge on any atom is 0.325 e. The Balaban J connectivity index is 1.88. The van der Waals surface area contributed by atoms with Crippen LogP contribution in [0, 0.1) is 0 Å². The first-order valence-corrected chi connectivity index (χ1v) is 4.65. The van der Waals surface area contributed by atoms with Gasteiger partial charge in [-0.1, -0.05) is 0 Å². The van der Waals surface area contributed by atoms with Gasteiger partial charge in [-0.2, -0.15) is 0 Å². The number of nitrogens with one attached hydrogen (secondary N) is 1. The summed E-state index contributed by atoms with van der Waals surface area (Å²) in [5.41, 5.74) is 0. The number of rotatable bonds is 2. The van der Waals surface area contributed by atoms with Gasteiger partial charge >= 0.3 is 6.03 Å². The van der Waals surface area contributed by atoms with Gasteiger partial charge in [0.25, 0.3) is 5.92 Å². The van der Waals surface area contributed by atoms with Crippen molar-refractivity contribution in [2.75, 3.05) is 26.3 Å². The van der Waals surface area contributed by atoms with Gasteiger partial charge in [0.2, 0.25) is 5.91 Å². The van der Waals surface area contributed by atoms with Gasteiger partial charge in [0.15, 0.2) is 0 Å². The van der Waals surface area contributed by atoms with Crippen LogP contribution in [0.5, 0.6) is 0 Å². The highest BCUT2D eigenvalue weighted by Gasteiger charge is 2.40. The Kier molecular flexibility index (Phi) is 2.34. The van der Waals surface area contributed by atoms with E-state index in [9.17, 15) is 18.4 Å². The summed E-state index contributed by atoms with van der Waals surface area (Å²) in [4.78, 5) is 24.6. The molecular weight excluding hydrogens is 208 g/mol. The Morgan fingerprint density at radius 3 is 2.60 bits per heavy atom. The standard InChI is InChI=1S/C8H11F2N3O2/c9-8(10)1-2-12(4-8)5-13-3-6(14)11-7(13)15/h1-5H2,(H,11,14,15). The molecule has 1 N–H and O–H groups in total. The van der Waals surface area contributed by atoms with Gasteiger partial charge in [0, 0.05) is 13.0 Å². The topological polar surface area (TPSA) is 52.7 Å². The van der Waals surface area contributed by atoms with E-state index in [1.165, 1.54) is 9.80 Å². The Morgan fingerprint density at radius 2 is 2.13 bits per heavy atom. The molecule has 0 aliphatic carbocycles. The van der Waals surface area contributed by atoms with Crippen LogP contribution in [0.2, 0.25) is 0 Å². The highest BCUT2D eigenvalue weighted by molar-refractivity contribution is 6.01. The number of halogens is 2. The van der Waals surface area contributed by atoms with E-state index in [0.717, 1.165) is 0 Å². The zero-order valence-corrected chi connectivity index (χ0v) is 8.00. The third-order valence-electron chi connectivity index (χ3n) is 2.49. The first kappa shape index (κ1) is 10.3. The molecule has 5 nitrogen and oxygen atoms in total. The minimum Gasteiger partial charge on any atom is -0.302 e. The van der Waals surface area contributed by atoms with E-state index in [4.69, 9.17) is 0 Å². The number of alkyl halides is 2. The molecule has 0 unspecified atom stereocenters. The van der Waals surface area contributed by atoms with Crippen LogP contribution in [-0.2, 0) is 4.79 Å². The minimum atomic E-state index is -2.67. The highest BCUT2D eigenvalue weighted by atomic mass is 19.3. The molecule has 2 heterocycles. The predicted molar refractivity (Wildman–Crippen MR) is 46.2 cm³/mol. The number of nitrogens with zero attached hydrogens (tertiary/aromatic N) is 2. The molecule has 0 aromatic heterocycles. The molecule has 2 aliphatic heterocycles. The lowest BCUT2D eigenvalue weighted by Crippen LogP contribution is -2.39. The highest BCUT2D eigenvalue weighted by Crippen LogP contribution is 2.26. The minimum absolute atomic E-state index is 0.0408. The van der Waals surface area contributed by atoms with Crippen LogP contribution < -0.4 is 5.32 Å². The number of urea groups is 1. The summed E-state index contributed by atoms with van der Waals surface area (Å²) in [6.07, 6.45) is -0.184. The van der Waals surface area contributed by atoms with Crippen molar-refractivity contribution in [3.63, 3.8) is 0 Å². The Labute approximate surface area is 85.0 Å². The number of carbonyl (C=O) groups is 2. The third kappa shape index (κ3) is 2.23. The summed E-state index contributed by atoms with van der Waals surface area (Å²) in [7, 11) is 0. The van der Waals surface area contributed by atoms with Crippen molar-refractivity contribution in [2.24, 2.45) is 0 Å². The van der Waals surface area contributed by atoms with Crippen molar-refractivity contribution in [1.82, 2.24) is 15.1 Å². The molecule has 2 rings (SSSR count). The molecule has 0 aromatic carbocycles. The van der Waals surface area contributed by atoms with Crippen LogP contribution in [0.25, 0.3) is 0 Å². The molecule has 0 radical (unpaired) electrons. The van der Waals surface area contributed by atoms with Crippen molar-refractivity contribution >= 4 is 11.9 Å². The molecule has 0 atom stereocenters. The van der Waals surface area contributed by atoms with Gasteiger partial charge in [-0.05, 0) is 0 Å². The number of hydrogen-bond donors (Lipinski definition) is 1. The van der Waals surface area contributed by atoms with Crippen LogP contribution in [0.4, 0.5) is 13.6 Å². The zero-order chi connectivity index (χ0) is 11.1. The predicted octanol–water partition coefficient (Wildman–Crippen LogP) is -0.163. The second-order valence-corrected chi connectivity index (χ2v) is 3.85. The normalized spacial score (nSPS) is 26.1. The fourth-order valence-electron chi connectivity index (χ4n) is 1.77. The van der Waals surface area contributed by atoms with Crippen molar-refractivity contribution < 1.29 is 18.4 Å². The second-order valence-electron chi connectivity index (χ2n) is 3.85. The zero-order valence-electron chi connectivity index (χ0n) is 8.00. The van der Waals surface area contributed by atoms with Crippen LogP contribution in [0.1, 0.15) is 6.42 Å². The lowest BCUT2D eigenvalue weighted by Gasteiger charge is -2.21. The summed E-state index contributed by atoms with van der Waals surface area (Å²) in [5, 5.41) is 2.10. The number of carbonyl (C=O) groups excluding carboxylic acids is 2. The average molecular weight is 219 g/mol. The van der Waals surface area contributed by atoms with Crippen LogP contribution in [0.15, 0.2) is 0 Å². The number of likely N-dealkylation sites (tertiary alicyclic amines) is 1. The van der Waals surface area contributed by atoms with Crippen molar-refractivity contribution in [1.29, 1.82) is 0 Å². The first-order chi connectivity index (χ1) is 6.96. The van der Waals surface area contributed by atoms with E-state index in [0.29, 0.717) is 0 Å². The number of hydrogen-bond acceptors (Lipinski definition) is 3. The number of imide groups is 1. The van der Waals surface area contributed by atoms with E-state index >= 15 is 0 Å².